The fraction of sp³-hybridized carbons (Fsp3) is 0.500. The summed E-state index contributed by atoms with van der Waals surface area (Å²) >= 11 is 9.62. The predicted octanol–water partition coefficient (Wildman–Crippen LogP) is 2.33. The van der Waals surface area contributed by atoms with Gasteiger partial charge < -0.3 is 10.2 Å². The van der Waals surface area contributed by atoms with E-state index in [0.717, 1.165) is 41.9 Å². The number of hydrogen-bond donors (Lipinski definition) is 1. The Morgan fingerprint density at radius 2 is 2.16 bits per heavy atom. The number of nitrogens with one attached hydrogen (secondary N) is 1. The van der Waals surface area contributed by atoms with Crippen molar-refractivity contribution in [2.75, 3.05) is 25.0 Å². The summed E-state index contributed by atoms with van der Waals surface area (Å²) in [5, 5.41) is 3.80. The van der Waals surface area contributed by atoms with E-state index in [1.807, 2.05) is 17.6 Å². The molecule has 3 rings (SSSR count). The first-order chi connectivity index (χ1) is 9.20. The highest BCUT2D eigenvalue weighted by molar-refractivity contribution is 9.10. The summed E-state index contributed by atoms with van der Waals surface area (Å²) < 4.78 is 2.67. The maximum atomic E-state index is 6.18. The number of aromatic nitrogens is 3. The molecular weight excluding hydrogens is 330 g/mol. The molecule has 1 N–H and O–H groups in total. The van der Waals surface area contributed by atoms with Gasteiger partial charge in [-0.3, -0.25) is 4.40 Å². The second kappa shape index (κ2) is 5.26. The first-order valence-electron chi connectivity index (χ1n) is 6.30. The van der Waals surface area contributed by atoms with Crippen LogP contribution < -0.4 is 10.2 Å². The van der Waals surface area contributed by atoms with Gasteiger partial charge in [-0.2, -0.15) is 0 Å². The van der Waals surface area contributed by atoms with Crippen LogP contribution in [0.1, 0.15) is 12.8 Å². The zero-order chi connectivity index (χ0) is 13.4. The average molecular weight is 345 g/mol. The van der Waals surface area contributed by atoms with Crippen LogP contribution in [0.4, 0.5) is 5.82 Å². The van der Waals surface area contributed by atoms with Crippen LogP contribution in [-0.2, 0) is 0 Å². The number of hydrogen-bond acceptors (Lipinski definition) is 4. The molecule has 3 heterocycles. The SMILES string of the molecule is CNC1CCN(c2nc(Cl)c(Br)n3cncc23)CC1. The fourth-order valence-electron chi connectivity index (χ4n) is 2.53. The minimum absolute atomic E-state index is 0.469. The van der Waals surface area contributed by atoms with Crippen LogP contribution in [0.5, 0.6) is 0 Å². The van der Waals surface area contributed by atoms with Crippen LogP contribution in [0.15, 0.2) is 17.1 Å². The van der Waals surface area contributed by atoms with Crippen LogP contribution in [0.25, 0.3) is 5.52 Å². The van der Waals surface area contributed by atoms with E-state index in [9.17, 15) is 0 Å². The number of nitrogens with zero attached hydrogens (tertiary/aromatic N) is 4. The van der Waals surface area contributed by atoms with Gasteiger partial charge in [0, 0.05) is 19.1 Å². The Bertz CT molecular complexity index is 591. The first-order valence-corrected chi connectivity index (χ1v) is 7.47. The maximum Gasteiger partial charge on any atom is 0.162 e. The molecule has 5 nitrogen and oxygen atoms in total. The molecule has 0 atom stereocenters. The Hall–Kier alpha value is -0.850. The van der Waals surface area contributed by atoms with E-state index in [1.165, 1.54) is 0 Å². The number of anilines is 1. The van der Waals surface area contributed by atoms with Crippen molar-refractivity contribution in [3.63, 3.8) is 0 Å². The van der Waals surface area contributed by atoms with Gasteiger partial charge in [0.25, 0.3) is 0 Å². The van der Waals surface area contributed by atoms with Crippen molar-refractivity contribution in [1.82, 2.24) is 19.7 Å². The van der Waals surface area contributed by atoms with Gasteiger partial charge in [-0.1, -0.05) is 11.6 Å². The minimum atomic E-state index is 0.469. The Balaban J connectivity index is 1.97. The highest BCUT2D eigenvalue weighted by Gasteiger charge is 2.22. The van der Waals surface area contributed by atoms with Gasteiger partial charge in [-0.05, 0) is 35.8 Å². The summed E-state index contributed by atoms with van der Waals surface area (Å²) in [5.41, 5.74) is 0.985. The Kier molecular flexibility index (Phi) is 3.64. The Labute approximate surface area is 125 Å². The summed E-state index contributed by atoms with van der Waals surface area (Å²) in [6.45, 7) is 1.97. The van der Waals surface area contributed by atoms with E-state index in [2.05, 4.69) is 36.1 Å². The van der Waals surface area contributed by atoms with Crippen LogP contribution >= 0.6 is 27.5 Å². The van der Waals surface area contributed by atoms with Gasteiger partial charge in [-0.15, -0.1) is 0 Å². The number of fused-ring (bicyclic) bond motifs is 1. The largest absolute Gasteiger partial charge is 0.355 e. The molecule has 0 bridgehead atoms. The van der Waals surface area contributed by atoms with Crippen LogP contribution in [0.2, 0.25) is 5.15 Å². The van der Waals surface area contributed by atoms with E-state index in [0.29, 0.717) is 11.2 Å². The molecule has 2 aromatic rings. The van der Waals surface area contributed by atoms with Crippen molar-refractivity contribution in [1.29, 1.82) is 0 Å². The highest BCUT2D eigenvalue weighted by Crippen LogP contribution is 2.29. The van der Waals surface area contributed by atoms with Crippen molar-refractivity contribution in [2.45, 2.75) is 18.9 Å². The van der Waals surface area contributed by atoms with Crippen LogP contribution in [-0.4, -0.2) is 40.5 Å². The number of halogens is 2. The topological polar surface area (TPSA) is 45.5 Å². The number of imidazole rings is 1. The van der Waals surface area contributed by atoms with E-state index in [4.69, 9.17) is 11.6 Å². The average Bonchev–Trinajstić information content (AvgIpc) is 2.93. The third kappa shape index (κ3) is 2.32. The van der Waals surface area contributed by atoms with Crippen molar-refractivity contribution in [2.24, 2.45) is 0 Å². The molecule has 7 heteroatoms. The van der Waals surface area contributed by atoms with E-state index < -0.39 is 0 Å². The number of rotatable bonds is 2. The zero-order valence-corrected chi connectivity index (χ0v) is 12.9. The van der Waals surface area contributed by atoms with Gasteiger partial charge in [-0.25, -0.2) is 9.97 Å². The fourth-order valence-corrected chi connectivity index (χ4v) is 3.07. The van der Waals surface area contributed by atoms with Crippen LogP contribution in [0.3, 0.4) is 0 Å². The highest BCUT2D eigenvalue weighted by atomic mass is 79.9. The second-order valence-corrected chi connectivity index (χ2v) is 5.83. The summed E-state index contributed by atoms with van der Waals surface area (Å²) in [7, 11) is 2.02. The quantitative estimate of drug-likeness (QED) is 0.908. The summed E-state index contributed by atoms with van der Waals surface area (Å²) in [6.07, 6.45) is 5.81. The van der Waals surface area contributed by atoms with Gasteiger partial charge in [0.2, 0.25) is 0 Å². The molecule has 0 radical (unpaired) electrons. The van der Waals surface area contributed by atoms with Gasteiger partial charge >= 0.3 is 0 Å². The standard InChI is InChI=1S/C12H15BrClN5/c1-15-8-2-4-18(5-3-8)12-9-6-16-7-19(9)10(13)11(14)17-12/h6-8,15H,2-5H2,1H3. The normalized spacial score (nSPS) is 17.3. The molecule has 0 spiro atoms. The molecule has 1 fully saturated rings. The molecule has 0 aromatic carbocycles. The third-order valence-corrected chi connectivity index (χ3v) is 4.91. The minimum Gasteiger partial charge on any atom is -0.355 e. The van der Waals surface area contributed by atoms with E-state index in [1.54, 1.807) is 6.33 Å². The molecule has 0 saturated carbocycles. The molecule has 1 saturated heterocycles. The molecule has 102 valence electrons. The molecule has 2 aromatic heterocycles. The smallest absolute Gasteiger partial charge is 0.162 e. The lowest BCUT2D eigenvalue weighted by Crippen LogP contribution is -2.41. The predicted molar refractivity (Wildman–Crippen MR) is 80.0 cm³/mol. The maximum absolute atomic E-state index is 6.18. The molecule has 0 aliphatic carbocycles. The molecular formula is C12H15BrClN5. The lowest BCUT2D eigenvalue weighted by atomic mass is 10.1. The van der Waals surface area contributed by atoms with Gasteiger partial charge in [0.05, 0.1) is 6.20 Å². The first kappa shape index (κ1) is 13.1. The molecule has 19 heavy (non-hydrogen) atoms. The second-order valence-electron chi connectivity index (χ2n) is 4.72. The molecule has 1 aliphatic rings. The van der Waals surface area contributed by atoms with Gasteiger partial charge in [0.15, 0.2) is 11.0 Å². The van der Waals surface area contributed by atoms with Crippen molar-refractivity contribution < 1.29 is 0 Å². The van der Waals surface area contributed by atoms with E-state index in [-0.39, 0.29) is 0 Å². The van der Waals surface area contributed by atoms with Gasteiger partial charge in [0.1, 0.15) is 16.4 Å². The summed E-state index contributed by atoms with van der Waals surface area (Å²) in [5.74, 6) is 0.917. The summed E-state index contributed by atoms with van der Waals surface area (Å²) in [4.78, 5) is 11.0. The molecule has 0 amide bonds. The Morgan fingerprint density at radius 1 is 1.42 bits per heavy atom. The number of piperidine rings is 1. The lowest BCUT2D eigenvalue weighted by molar-refractivity contribution is 0.441. The summed E-state index contributed by atoms with van der Waals surface area (Å²) in [6, 6.07) is 0.600. The molecule has 1 aliphatic heterocycles. The van der Waals surface area contributed by atoms with Crippen molar-refractivity contribution in [3.05, 3.63) is 22.3 Å². The Morgan fingerprint density at radius 3 is 2.84 bits per heavy atom. The van der Waals surface area contributed by atoms with Crippen molar-refractivity contribution >= 4 is 38.9 Å². The van der Waals surface area contributed by atoms with E-state index >= 15 is 0 Å². The third-order valence-electron chi connectivity index (χ3n) is 3.66. The zero-order valence-electron chi connectivity index (χ0n) is 10.6. The monoisotopic (exact) mass is 343 g/mol. The van der Waals surface area contributed by atoms with Crippen molar-refractivity contribution in [3.8, 4) is 0 Å². The van der Waals surface area contributed by atoms with Crippen LogP contribution in [0, 0.1) is 0 Å². The lowest BCUT2D eigenvalue weighted by Gasteiger charge is -2.33. The molecule has 0 unspecified atom stereocenters.